The molecule has 0 N–H and O–H groups in total. The zero-order chi connectivity index (χ0) is 28.8. The van der Waals surface area contributed by atoms with Gasteiger partial charge in [-0.3, -0.25) is 14.5 Å². The van der Waals surface area contributed by atoms with Crippen LogP contribution in [0.1, 0.15) is 43.9 Å². The minimum Gasteiger partial charge on any atom is -0.444 e. The third-order valence-corrected chi connectivity index (χ3v) is 6.64. The zero-order valence-electron chi connectivity index (χ0n) is 21.5. The Hall–Kier alpha value is -4.14. The summed E-state index contributed by atoms with van der Waals surface area (Å²) in [7, 11) is 0. The Morgan fingerprint density at radius 1 is 1.10 bits per heavy atom. The number of halogens is 4. The molecule has 2 aliphatic rings. The molecule has 1 spiro atoms. The minimum absolute atomic E-state index is 0.00580. The van der Waals surface area contributed by atoms with Gasteiger partial charge in [-0.15, -0.1) is 0 Å². The Morgan fingerprint density at radius 2 is 1.77 bits per heavy atom. The Morgan fingerprint density at radius 3 is 2.33 bits per heavy atom. The number of hydrogen-bond donors (Lipinski definition) is 0. The van der Waals surface area contributed by atoms with Gasteiger partial charge in [-0.25, -0.2) is 9.18 Å². The number of anilines is 1. The van der Waals surface area contributed by atoms with Gasteiger partial charge in [0.15, 0.2) is 0 Å². The molecule has 206 valence electrons. The molecule has 2 saturated heterocycles. The van der Waals surface area contributed by atoms with Crippen molar-refractivity contribution in [2.45, 2.75) is 51.1 Å². The van der Waals surface area contributed by atoms with Crippen molar-refractivity contribution in [2.75, 3.05) is 24.5 Å². The lowest BCUT2D eigenvalue weighted by Gasteiger charge is -2.47. The highest BCUT2D eigenvalue weighted by Gasteiger charge is 2.57. The van der Waals surface area contributed by atoms with Gasteiger partial charge in [0.05, 0.1) is 29.4 Å². The van der Waals surface area contributed by atoms with Crippen LogP contribution in [-0.2, 0) is 27.0 Å². The number of nitriles is 1. The summed E-state index contributed by atoms with van der Waals surface area (Å²) >= 11 is 0. The number of nitrogens with zero attached hydrogens (tertiary/aromatic N) is 4. The molecule has 1 atom stereocenters. The van der Waals surface area contributed by atoms with Crippen LogP contribution in [0.25, 0.3) is 0 Å². The van der Waals surface area contributed by atoms with Crippen molar-refractivity contribution in [3.8, 4) is 6.07 Å². The molecule has 2 heterocycles. The first kappa shape index (κ1) is 27.9. The van der Waals surface area contributed by atoms with Crippen LogP contribution in [0.2, 0.25) is 0 Å². The van der Waals surface area contributed by atoms with E-state index in [9.17, 15) is 31.9 Å². The topological polar surface area (TPSA) is 94.0 Å². The van der Waals surface area contributed by atoms with Gasteiger partial charge < -0.3 is 14.5 Å². The van der Waals surface area contributed by atoms with Crippen LogP contribution >= 0.6 is 0 Å². The summed E-state index contributed by atoms with van der Waals surface area (Å²) in [5, 5.41) is 9.05. The first-order chi connectivity index (χ1) is 18.1. The first-order valence-electron chi connectivity index (χ1n) is 12.1. The number of piperazine rings is 1. The van der Waals surface area contributed by atoms with Gasteiger partial charge in [0, 0.05) is 13.1 Å². The molecule has 0 bridgehead atoms. The molecule has 2 aromatic carbocycles. The average molecular weight is 547 g/mol. The summed E-state index contributed by atoms with van der Waals surface area (Å²) in [6.45, 7) is 4.11. The van der Waals surface area contributed by atoms with Crippen molar-refractivity contribution in [2.24, 2.45) is 0 Å². The van der Waals surface area contributed by atoms with E-state index < -0.39 is 53.1 Å². The Balaban J connectivity index is 1.71. The highest BCUT2D eigenvalue weighted by molar-refractivity contribution is 6.09. The molecule has 8 nitrogen and oxygen atoms in total. The lowest BCUT2D eigenvalue weighted by atomic mass is 9.89. The lowest BCUT2D eigenvalue weighted by Crippen LogP contribution is -2.69. The molecule has 2 aliphatic heterocycles. The van der Waals surface area contributed by atoms with Crippen LogP contribution < -0.4 is 4.90 Å². The van der Waals surface area contributed by atoms with Gasteiger partial charge >= 0.3 is 12.3 Å². The maximum Gasteiger partial charge on any atom is 0.416 e. The molecule has 2 aromatic rings. The van der Waals surface area contributed by atoms with Crippen LogP contribution in [0.3, 0.4) is 0 Å². The lowest BCUT2D eigenvalue weighted by molar-refractivity contribution is -0.151. The highest BCUT2D eigenvalue weighted by Crippen LogP contribution is 2.38. The van der Waals surface area contributed by atoms with Crippen LogP contribution in [0.15, 0.2) is 42.5 Å². The second kappa shape index (κ2) is 9.87. The maximum absolute atomic E-state index is 14.9. The van der Waals surface area contributed by atoms with Gasteiger partial charge in [-0.05, 0) is 63.1 Å². The number of hydrogen-bond acceptors (Lipinski definition) is 5. The molecule has 3 amide bonds. The molecular weight excluding hydrogens is 520 g/mol. The molecule has 4 rings (SSSR count). The predicted octanol–water partition coefficient (Wildman–Crippen LogP) is 4.47. The summed E-state index contributed by atoms with van der Waals surface area (Å²) in [4.78, 5) is 43.9. The minimum atomic E-state index is -4.54. The Kier molecular flexibility index (Phi) is 7.06. The van der Waals surface area contributed by atoms with Crippen LogP contribution in [0.4, 0.5) is 28.0 Å². The number of carbonyl (C=O) groups is 3. The number of amides is 3. The summed E-state index contributed by atoms with van der Waals surface area (Å²) in [5.41, 5.74) is -3.12. The van der Waals surface area contributed by atoms with E-state index in [1.165, 1.54) is 34.1 Å². The molecule has 0 saturated carbocycles. The SMILES string of the molecule is CC(C)(C)OC(=O)N1CCC2(C1)C(=O)N(c1ccc(C#N)cc1F)CC(=O)N2Cc1ccc(C(F)(F)F)cc1. The van der Waals surface area contributed by atoms with E-state index in [1.54, 1.807) is 26.8 Å². The highest BCUT2D eigenvalue weighted by atomic mass is 19.4. The second-order valence-electron chi connectivity index (χ2n) is 10.5. The molecule has 0 aromatic heterocycles. The smallest absolute Gasteiger partial charge is 0.416 e. The molecular formula is C27H26F4N4O4. The number of ether oxygens (including phenoxy) is 1. The average Bonchev–Trinajstić information content (AvgIpc) is 3.29. The Bertz CT molecular complexity index is 1350. The van der Waals surface area contributed by atoms with Crippen molar-refractivity contribution in [3.05, 3.63) is 65.0 Å². The number of alkyl halides is 3. The number of likely N-dealkylation sites (tertiary alicyclic amines) is 1. The van der Waals surface area contributed by atoms with Gasteiger partial charge in [-0.1, -0.05) is 12.1 Å². The van der Waals surface area contributed by atoms with E-state index in [1.807, 2.05) is 0 Å². The van der Waals surface area contributed by atoms with E-state index in [0.29, 0.717) is 5.56 Å². The van der Waals surface area contributed by atoms with Crippen molar-refractivity contribution < 1.29 is 36.7 Å². The van der Waals surface area contributed by atoms with Crippen molar-refractivity contribution in [1.29, 1.82) is 5.26 Å². The first-order valence-corrected chi connectivity index (χ1v) is 12.1. The standard InChI is InChI=1S/C27H26F4N4O4/c1-25(2,3)39-24(38)33-11-10-26(16-33)23(37)34(21-9-6-18(13-32)12-20(21)28)15-22(36)35(26)14-17-4-7-19(8-5-17)27(29,30)31/h4-9,12H,10-11,14-16H2,1-3H3. The molecule has 39 heavy (non-hydrogen) atoms. The molecule has 12 heteroatoms. The van der Waals surface area contributed by atoms with Crippen molar-refractivity contribution in [3.63, 3.8) is 0 Å². The summed E-state index contributed by atoms with van der Waals surface area (Å²) in [5.74, 6) is -2.10. The number of rotatable bonds is 3. The normalized spacial score (nSPS) is 20.0. The molecule has 1 unspecified atom stereocenters. The third kappa shape index (κ3) is 5.53. The van der Waals surface area contributed by atoms with E-state index in [0.717, 1.165) is 23.1 Å². The van der Waals surface area contributed by atoms with Gasteiger partial charge in [0.2, 0.25) is 5.91 Å². The summed E-state index contributed by atoms with van der Waals surface area (Å²) < 4.78 is 59.5. The Labute approximate surface area is 222 Å². The van der Waals surface area contributed by atoms with Gasteiger partial charge in [0.1, 0.15) is 23.5 Å². The van der Waals surface area contributed by atoms with Crippen LogP contribution in [0.5, 0.6) is 0 Å². The van der Waals surface area contributed by atoms with E-state index in [4.69, 9.17) is 10.00 Å². The summed E-state index contributed by atoms with van der Waals surface area (Å²) in [6, 6.07) is 9.53. The summed E-state index contributed by atoms with van der Waals surface area (Å²) in [6.07, 6.45) is -5.23. The monoisotopic (exact) mass is 546 g/mol. The molecule has 2 fully saturated rings. The molecule has 0 radical (unpaired) electrons. The van der Waals surface area contributed by atoms with E-state index >= 15 is 0 Å². The van der Waals surface area contributed by atoms with E-state index in [-0.39, 0.29) is 37.3 Å². The second-order valence-corrected chi connectivity index (χ2v) is 10.5. The molecule has 0 aliphatic carbocycles. The third-order valence-electron chi connectivity index (χ3n) is 6.64. The van der Waals surface area contributed by atoms with Crippen molar-refractivity contribution in [1.82, 2.24) is 9.80 Å². The fraction of sp³-hybridized carbons (Fsp3) is 0.407. The number of carbonyl (C=O) groups excluding carboxylic acids is 3. The quantitative estimate of drug-likeness (QED) is 0.530. The number of benzene rings is 2. The fourth-order valence-electron chi connectivity index (χ4n) is 4.78. The largest absolute Gasteiger partial charge is 0.444 e. The van der Waals surface area contributed by atoms with Crippen LogP contribution in [0, 0.1) is 17.1 Å². The van der Waals surface area contributed by atoms with Crippen LogP contribution in [-0.4, -0.2) is 58.5 Å². The van der Waals surface area contributed by atoms with Gasteiger partial charge in [-0.2, -0.15) is 18.4 Å². The zero-order valence-corrected chi connectivity index (χ0v) is 21.5. The predicted molar refractivity (Wildman–Crippen MR) is 131 cm³/mol. The fourth-order valence-corrected chi connectivity index (χ4v) is 4.78. The van der Waals surface area contributed by atoms with Crippen molar-refractivity contribution >= 4 is 23.6 Å². The van der Waals surface area contributed by atoms with Gasteiger partial charge in [0.25, 0.3) is 5.91 Å². The maximum atomic E-state index is 14.9. The van der Waals surface area contributed by atoms with E-state index in [2.05, 4.69) is 0 Å².